The Bertz CT molecular complexity index is 210. The zero-order valence-electron chi connectivity index (χ0n) is 11.0. The number of carbonyl (C=O) groups excluding carboxylic acids is 1. The normalized spacial score (nSPS) is 15.9. The van der Waals surface area contributed by atoms with E-state index in [1.165, 1.54) is 25.7 Å². The van der Waals surface area contributed by atoms with Crippen LogP contribution in [0, 0.1) is 0 Å². The predicted octanol–water partition coefficient (Wildman–Crippen LogP) is 3.10. The van der Waals surface area contributed by atoms with E-state index in [2.05, 4.69) is 20.8 Å². The Morgan fingerprint density at radius 2 is 1.88 bits per heavy atom. The quantitative estimate of drug-likeness (QED) is 0.661. The fraction of sp³-hybridized carbons (Fsp3) is 0.923. The first-order valence-electron chi connectivity index (χ1n) is 6.72. The minimum Gasteiger partial charge on any atom is -0.325 e. The zero-order chi connectivity index (χ0) is 12.0. The van der Waals surface area contributed by atoms with Gasteiger partial charge in [-0.3, -0.25) is 0 Å². The second kappa shape index (κ2) is 6.77. The van der Waals surface area contributed by atoms with Crippen molar-refractivity contribution in [2.75, 3.05) is 19.6 Å². The fourth-order valence-electron chi connectivity index (χ4n) is 2.20. The molecule has 1 heterocycles. The summed E-state index contributed by atoms with van der Waals surface area (Å²) < 4.78 is 0. The van der Waals surface area contributed by atoms with Crippen molar-refractivity contribution in [2.45, 2.75) is 58.9 Å². The highest BCUT2D eigenvalue weighted by Gasteiger charge is 2.24. The monoisotopic (exact) mass is 226 g/mol. The molecule has 0 aliphatic carbocycles. The van der Waals surface area contributed by atoms with E-state index in [0.717, 1.165) is 26.1 Å². The summed E-state index contributed by atoms with van der Waals surface area (Å²) in [6.45, 7) is 9.24. The molecular weight excluding hydrogens is 200 g/mol. The van der Waals surface area contributed by atoms with Gasteiger partial charge in [0.2, 0.25) is 0 Å². The van der Waals surface area contributed by atoms with Crippen LogP contribution in [0.25, 0.3) is 0 Å². The summed E-state index contributed by atoms with van der Waals surface area (Å²) >= 11 is 0. The molecule has 1 saturated heterocycles. The van der Waals surface area contributed by atoms with Gasteiger partial charge in [-0.25, -0.2) is 4.79 Å². The van der Waals surface area contributed by atoms with E-state index < -0.39 is 0 Å². The zero-order valence-corrected chi connectivity index (χ0v) is 11.0. The number of hydrogen-bond acceptors (Lipinski definition) is 1. The van der Waals surface area contributed by atoms with Gasteiger partial charge in [0.05, 0.1) is 0 Å². The van der Waals surface area contributed by atoms with Gasteiger partial charge < -0.3 is 9.80 Å². The SMILES string of the molecule is CCCCCN(C(=O)N1CCCC1)C(C)C. The first-order valence-corrected chi connectivity index (χ1v) is 6.72. The summed E-state index contributed by atoms with van der Waals surface area (Å²) in [6.07, 6.45) is 5.91. The second-order valence-electron chi connectivity index (χ2n) is 4.97. The average molecular weight is 226 g/mol. The Morgan fingerprint density at radius 3 is 2.38 bits per heavy atom. The molecule has 0 N–H and O–H groups in total. The molecule has 94 valence electrons. The molecule has 2 amide bonds. The van der Waals surface area contributed by atoms with Gasteiger partial charge >= 0.3 is 6.03 Å². The lowest BCUT2D eigenvalue weighted by atomic mass is 10.2. The van der Waals surface area contributed by atoms with Gasteiger partial charge in [-0.2, -0.15) is 0 Å². The van der Waals surface area contributed by atoms with Crippen LogP contribution < -0.4 is 0 Å². The Kier molecular flexibility index (Phi) is 5.64. The molecular formula is C13H26N2O. The number of hydrogen-bond donors (Lipinski definition) is 0. The van der Waals surface area contributed by atoms with Crippen LogP contribution in [0.2, 0.25) is 0 Å². The largest absolute Gasteiger partial charge is 0.325 e. The van der Waals surface area contributed by atoms with E-state index in [4.69, 9.17) is 0 Å². The van der Waals surface area contributed by atoms with Crippen molar-refractivity contribution in [1.82, 2.24) is 9.80 Å². The Hall–Kier alpha value is -0.730. The number of amides is 2. The van der Waals surface area contributed by atoms with Crippen molar-refractivity contribution in [2.24, 2.45) is 0 Å². The Labute approximate surface area is 99.8 Å². The summed E-state index contributed by atoms with van der Waals surface area (Å²) in [5.41, 5.74) is 0. The molecule has 3 heteroatoms. The van der Waals surface area contributed by atoms with Gasteiger partial charge in [0.25, 0.3) is 0 Å². The van der Waals surface area contributed by atoms with Gasteiger partial charge in [-0.05, 0) is 33.1 Å². The lowest BCUT2D eigenvalue weighted by Crippen LogP contribution is -2.45. The minimum atomic E-state index is 0.253. The van der Waals surface area contributed by atoms with E-state index in [1.54, 1.807) is 0 Å². The van der Waals surface area contributed by atoms with Gasteiger partial charge in [0.15, 0.2) is 0 Å². The predicted molar refractivity (Wildman–Crippen MR) is 67.6 cm³/mol. The van der Waals surface area contributed by atoms with Crippen LogP contribution in [0.1, 0.15) is 52.9 Å². The molecule has 0 bridgehead atoms. The van der Waals surface area contributed by atoms with E-state index >= 15 is 0 Å². The highest BCUT2D eigenvalue weighted by Crippen LogP contribution is 2.13. The molecule has 0 atom stereocenters. The first-order chi connectivity index (χ1) is 7.66. The van der Waals surface area contributed by atoms with Crippen LogP contribution in [-0.2, 0) is 0 Å². The number of rotatable bonds is 5. The van der Waals surface area contributed by atoms with Crippen molar-refractivity contribution >= 4 is 6.03 Å². The highest BCUT2D eigenvalue weighted by atomic mass is 16.2. The molecule has 0 aromatic carbocycles. The van der Waals surface area contributed by atoms with Crippen molar-refractivity contribution in [3.8, 4) is 0 Å². The lowest BCUT2D eigenvalue weighted by molar-refractivity contribution is 0.148. The molecule has 1 aliphatic heterocycles. The summed E-state index contributed by atoms with van der Waals surface area (Å²) in [6, 6.07) is 0.577. The molecule has 16 heavy (non-hydrogen) atoms. The third-order valence-corrected chi connectivity index (χ3v) is 3.25. The van der Waals surface area contributed by atoms with Crippen molar-refractivity contribution < 1.29 is 4.79 Å². The van der Waals surface area contributed by atoms with Crippen molar-refractivity contribution in [3.63, 3.8) is 0 Å². The first kappa shape index (κ1) is 13.3. The van der Waals surface area contributed by atoms with Gasteiger partial charge in [-0.15, -0.1) is 0 Å². The molecule has 0 saturated carbocycles. The summed E-state index contributed by atoms with van der Waals surface area (Å²) in [5.74, 6) is 0. The molecule has 0 unspecified atom stereocenters. The number of likely N-dealkylation sites (tertiary alicyclic amines) is 1. The smallest absolute Gasteiger partial charge is 0.320 e. The maximum atomic E-state index is 12.2. The van der Waals surface area contributed by atoms with Gasteiger partial charge in [-0.1, -0.05) is 19.8 Å². The van der Waals surface area contributed by atoms with E-state index in [9.17, 15) is 4.79 Å². The van der Waals surface area contributed by atoms with Gasteiger partial charge in [0, 0.05) is 25.7 Å². The van der Waals surface area contributed by atoms with Crippen LogP contribution in [0.5, 0.6) is 0 Å². The molecule has 1 rings (SSSR count). The summed E-state index contributed by atoms with van der Waals surface area (Å²) in [7, 11) is 0. The Morgan fingerprint density at radius 1 is 1.25 bits per heavy atom. The molecule has 0 aromatic heterocycles. The standard InChI is InChI=1S/C13H26N2O/c1-4-5-6-11-15(12(2)3)13(16)14-9-7-8-10-14/h12H,4-11H2,1-3H3. The van der Waals surface area contributed by atoms with Crippen LogP contribution in [0.15, 0.2) is 0 Å². The van der Waals surface area contributed by atoms with Crippen molar-refractivity contribution in [1.29, 1.82) is 0 Å². The van der Waals surface area contributed by atoms with E-state index in [-0.39, 0.29) is 6.03 Å². The third-order valence-electron chi connectivity index (χ3n) is 3.25. The van der Waals surface area contributed by atoms with E-state index in [0.29, 0.717) is 6.04 Å². The molecule has 0 aromatic rings. The molecule has 0 spiro atoms. The fourth-order valence-corrected chi connectivity index (χ4v) is 2.20. The molecule has 1 fully saturated rings. The number of carbonyl (C=O) groups is 1. The molecule has 0 radical (unpaired) electrons. The summed E-state index contributed by atoms with van der Waals surface area (Å²) in [5, 5.41) is 0. The topological polar surface area (TPSA) is 23.6 Å². The van der Waals surface area contributed by atoms with Crippen LogP contribution >= 0.6 is 0 Å². The van der Waals surface area contributed by atoms with Crippen molar-refractivity contribution in [3.05, 3.63) is 0 Å². The molecule has 3 nitrogen and oxygen atoms in total. The third kappa shape index (κ3) is 3.69. The summed E-state index contributed by atoms with van der Waals surface area (Å²) in [4.78, 5) is 16.3. The minimum absolute atomic E-state index is 0.253. The Balaban J connectivity index is 2.44. The van der Waals surface area contributed by atoms with Crippen LogP contribution in [0.3, 0.4) is 0 Å². The van der Waals surface area contributed by atoms with E-state index in [1.807, 2.05) is 9.80 Å². The average Bonchev–Trinajstić information content (AvgIpc) is 2.76. The maximum Gasteiger partial charge on any atom is 0.320 e. The van der Waals surface area contributed by atoms with Crippen LogP contribution in [0.4, 0.5) is 4.79 Å². The molecule has 1 aliphatic rings. The number of unbranched alkanes of at least 4 members (excludes halogenated alkanes) is 2. The number of urea groups is 1. The second-order valence-corrected chi connectivity index (χ2v) is 4.97. The number of nitrogens with zero attached hydrogens (tertiary/aromatic N) is 2. The maximum absolute atomic E-state index is 12.2. The highest BCUT2D eigenvalue weighted by molar-refractivity contribution is 5.75. The van der Waals surface area contributed by atoms with Gasteiger partial charge in [0.1, 0.15) is 0 Å². The van der Waals surface area contributed by atoms with Crippen LogP contribution in [-0.4, -0.2) is 41.5 Å². The lowest BCUT2D eigenvalue weighted by Gasteiger charge is -2.31.